The van der Waals surface area contributed by atoms with Gasteiger partial charge in [-0.25, -0.2) is 0 Å². The summed E-state index contributed by atoms with van der Waals surface area (Å²) in [5, 5.41) is 9.77. The van der Waals surface area contributed by atoms with E-state index < -0.39 is 0 Å². The van der Waals surface area contributed by atoms with E-state index in [-0.39, 0.29) is 6.10 Å². The molecule has 0 aromatic heterocycles. The molecular weight excluding hydrogens is 194 g/mol. The van der Waals surface area contributed by atoms with Gasteiger partial charge < -0.3 is 5.11 Å². The third kappa shape index (κ3) is 2.44. The minimum atomic E-state index is -0.0169. The molecule has 3 atom stereocenters. The van der Waals surface area contributed by atoms with Crippen LogP contribution in [0.1, 0.15) is 26.2 Å². The molecule has 0 spiro atoms. The number of aliphatic hydroxyl groups is 1. The van der Waals surface area contributed by atoms with Gasteiger partial charge in [0.15, 0.2) is 0 Å². The predicted octanol–water partition coefficient (Wildman–Crippen LogP) is 1.58. The van der Waals surface area contributed by atoms with E-state index in [1.165, 1.54) is 30.9 Å². The monoisotopic (exact) mass is 215 g/mol. The van der Waals surface area contributed by atoms with E-state index in [9.17, 15) is 5.11 Å². The van der Waals surface area contributed by atoms with Crippen molar-refractivity contribution in [2.24, 2.45) is 5.92 Å². The molecule has 0 amide bonds. The van der Waals surface area contributed by atoms with Gasteiger partial charge >= 0.3 is 0 Å². The van der Waals surface area contributed by atoms with Crippen molar-refractivity contribution in [2.45, 2.75) is 38.3 Å². The number of nitrogens with zero attached hydrogens (tertiary/aromatic N) is 1. The van der Waals surface area contributed by atoms with Crippen LogP contribution >= 0.6 is 11.8 Å². The van der Waals surface area contributed by atoms with Crippen LogP contribution in [-0.2, 0) is 0 Å². The fourth-order valence-corrected chi connectivity index (χ4v) is 3.65. The minimum absolute atomic E-state index is 0.0169. The maximum absolute atomic E-state index is 9.77. The summed E-state index contributed by atoms with van der Waals surface area (Å²) in [7, 11) is 0. The molecule has 14 heavy (non-hydrogen) atoms. The summed E-state index contributed by atoms with van der Waals surface area (Å²) in [4.78, 5) is 2.57. The lowest BCUT2D eigenvalue weighted by Crippen LogP contribution is -2.44. The molecule has 0 radical (unpaired) electrons. The Balaban J connectivity index is 1.83. The molecule has 3 heteroatoms. The Morgan fingerprint density at radius 3 is 2.93 bits per heavy atom. The van der Waals surface area contributed by atoms with Gasteiger partial charge in [-0.1, -0.05) is 6.42 Å². The summed E-state index contributed by atoms with van der Waals surface area (Å²) in [6.45, 7) is 4.66. The Morgan fingerprint density at radius 1 is 1.43 bits per heavy atom. The molecule has 82 valence electrons. The van der Waals surface area contributed by atoms with Crippen LogP contribution in [0, 0.1) is 5.92 Å². The van der Waals surface area contributed by atoms with Crippen LogP contribution in [0.25, 0.3) is 0 Å². The summed E-state index contributed by atoms with van der Waals surface area (Å²) >= 11 is 2.06. The van der Waals surface area contributed by atoms with Gasteiger partial charge in [-0.3, -0.25) is 4.90 Å². The number of aliphatic hydroxyl groups excluding tert-OH is 1. The van der Waals surface area contributed by atoms with E-state index in [4.69, 9.17) is 0 Å². The first-order chi connectivity index (χ1) is 6.77. The minimum Gasteiger partial charge on any atom is -0.393 e. The first-order valence-corrected chi connectivity index (χ1v) is 6.92. The molecule has 3 unspecified atom stereocenters. The fraction of sp³-hybridized carbons (Fsp3) is 1.00. The van der Waals surface area contributed by atoms with Gasteiger partial charge in [-0.05, 0) is 25.7 Å². The number of hydrogen-bond donors (Lipinski definition) is 1. The zero-order valence-electron chi connectivity index (χ0n) is 8.98. The van der Waals surface area contributed by atoms with Crippen molar-refractivity contribution in [1.29, 1.82) is 0 Å². The van der Waals surface area contributed by atoms with E-state index in [2.05, 4.69) is 23.6 Å². The summed E-state index contributed by atoms with van der Waals surface area (Å²) < 4.78 is 0. The average Bonchev–Trinajstić information content (AvgIpc) is 2.56. The highest BCUT2D eigenvalue weighted by Gasteiger charge is 2.29. The van der Waals surface area contributed by atoms with E-state index in [1.807, 2.05) is 0 Å². The van der Waals surface area contributed by atoms with Crippen molar-refractivity contribution in [3.63, 3.8) is 0 Å². The molecule has 1 saturated heterocycles. The van der Waals surface area contributed by atoms with Gasteiger partial charge in [-0.2, -0.15) is 11.8 Å². The lowest BCUT2D eigenvalue weighted by molar-refractivity contribution is 0.0933. The third-order valence-electron chi connectivity index (χ3n) is 3.59. The number of rotatable bonds is 2. The van der Waals surface area contributed by atoms with Crippen LogP contribution in [0.15, 0.2) is 0 Å². The Labute approximate surface area is 91.1 Å². The van der Waals surface area contributed by atoms with Gasteiger partial charge in [0.1, 0.15) is 0 Å². The quantitative estimate of drug-likeness (QED) is 0.756. The molecule has 0 aromatic carbocycles. The zero-order valence-corrected chi connectivity index (χ0v) is 9.80. The Morgan fingerprint density at radius 2 is 2.29 bits per heavy atom. The Kier molecular flexibility index (Phi) is 3.74. The van der Waals surface area contributed by atoms with E-state index in [0.717, 1.165) is 13.0 Å². The topological polar surface area (TPSA) is 23.5 Å². The standard InChI is InChI=1S/C11H21NOS/c1-9-8-14-6-5-12(9)7-10-3-2-4-11(10)13/h9-11,13H,2-8H2,1H3. The highest BCUT2D eigenvalue weighted by molar-refractivity contribution is 7.99. The van der Waals surface area contributed by atoms with Crippen molar-refractivity contribution in [3.8, 4) is 0 Å². The second kappa shape index (κ2) is 4.86. The first kappa shape index (κ1) is 10.8. The molecule has 2 rings (SSSR count). The average molecular weight is 215 g/mol. The second-order valence-electron chi connectivity index (χ2n) is 4.68. The smallest absolute Gasteiger partial charge is 0.0580 e. The first-order valence-electron chi connectivity index (χ1n) is 5.77. The molecule has 1 N–H and O–H groups in total. The molecule has 1 saturated carbocycles. The third-order valence-corrected chi connectivity index (χ3v) is 4.78. The van der Waals surface area contributed by atoms with Crippen LogP contribution in [0.3, 0.4) is 0 Å². The van der Waals surface area contributed by atoms with Gasteiger partial charge in [0.2, 0.25) is 0 Å². The Hall–Kier alpha value is 0.270. The molecule has 2 aliphatic rings. The van der Waals surface area contributed by atoms with E-state index in [0.29, 0.717) is 12.0 Å². The van der Waals surface area contributed by atoms with Crippen molar-refractivity contribution in [3.05, 3.63) is 0 Å². The van der Waals surface area contributed by atoms with Crippen molar-refractivity contribution in [2.75, 3.05) is 24.6 Å². The molecule has 2 nitrogen and oxygen atoms in total. The lowest BCUT2D eigenvalue weighted by Gasteiger charge is -2.35. The molecule has 1 heterocycles. The van der Waals surface area contributed by atoms with Gasteiger partial charge in [0.05, 0.1) is 6.10 Å². The molecular formula is C11H21NOS. The summed E-state index contributed by atoms with van der Waals surface area (Å²) in [5.74, 6) is 3.09. The van der Waals surface area contributed by atoms with Crippen molar-refractivity contribution >= 4 is 11.8 Å². The highest BCUT2D eigenvalue weighted by atomic mass is 32.2. The van der Waals surface area contributed by atoms with Crippen LogP contribution < -0.4 is 0 Å². The van der Waals surface area contributed by atoms with Crippen LogP contribution in [0.2, 0.25) is 0 Å². The van der Waals surface area contributed by atoms with E-state index in [1.54, 1.807) is 0 Å². The van der Waals surface area contributed by atoms with E-state index >= 15 is 0 Å². The van der Waals surface area contributed by atoms with Crippen LogP contribution in [-0.4, -0.2) is 46.7 Å². The predicted molar refractivity (Wildman–Crippen MR) is 61.7 cm³/mol. The Bertz CT molecular complexity index is 188. The maximum atomic E-state index is 9.77. The lowest BCUT2D eigenvalue weighted by atomic mass is 10.0. The summed E-state index contributed by atoms with van der Waals surface area (Å²) in [5.41, 5.74) is 0. The van der Waals surface area contributed by atoms with Crippen LogP contribution in [0.5, 0.6) is 0 Å². The van der Waals surface area contributed by atoms with Gasteiger partial charge in [0, 0.05) is 30.6 Å². The summed E-state index contributed by atoms with van der Waals surface area (Å²) in [6.07, 6.45) is 3.47. The van der Waals surface area contributed by atoms with Gasteiger partial charge in [-0.15, -0.1) is 0 Å². The molecule has 0 aromatic rings. The second-order valence-corrected chi connectivity index (χ2v) is 5.83. The molecule has 2 fully saturated rings. The van der Waals surface area contributed by atoms with Crippen LogP contribution in [0.4, 0.5) is 0 Å². The highest BCUT2D eigenvalue weighted by Crippen LogP contribution is 2.28. The van der Waals surface area contributed by atoms with Gasteiger partial charge in [0.25, 0.3) is 0 Å². The largest absolute Gasteiger partial charge is 0.393 e. The fourth-order valence-electron chi connectivity index (χ4n) is 2.56. The normalized spacial score (nSPS) is 40.3. The number of thioether (sulfide) groups is 1. The summed E-state index contributed by atoms with van der Waals surface area (Å²) in [6, 6.07) is 0.710. The molecule has 1 aliphatic heterocycles. The maximum Gasteiger partial charge on any atom is 0.0580 e. The molecule has 0 bridgehead atoms. The van der Waals surface area contributed by atoms with Crippen molar-refractivity contribution < 1.29 is 5.11 Å². The van der Waals surface area contributed by atoms with Crippen molar-refractivity contribution in [1.82, 2.24) is 4.90 Å². The SMILES string of the molecule is CC1CSCCN1CC1CCCC1O. The molecule has 1 aliphatic carbocycles. The zero-order chi connectivity index (χ0) is 9.97. The number of hydrogen-bond acceptors (Lipinski definition) is 3.